The molecule has 0 aliphatic heterocycles. The topological polar surface area (TPSA) is 34.9 Å². The number of hydrogen-bond acceptors (Lipinski definition) is 2. The molecule has 1 aromatic heterocycles. The number of carbonyl (C=O) groups excluding carboxylic acids is 1. The third-order valence-electron chi connectivity index (χ3n) is 3.56. The largest absolute Gasteiger partial charge is 0.294 e. The van der Waals surface area contributed by atoms with Crippen LogP contribution in [0.1, 0.15) is 40.9 Å². The van der Waals surface area contributed by atoms with Crippen molar-refractivity contribution in [3.63, 3.8) is 0 Å². The van der Waals surface area contributed by atoms with Crippen molar-refractivity contribution in [1.82, 2.24) is 9.78 Å². The predicted octanol–water partition coefficient (Wildman–Crippen LogP) is 3.60. The maximum Gasteiger partial charge on any atom is 0.166 e. The van der Waals surface area contributed by atoms with Crippen LogP contribution >= 0.6 is 15.9 Å². The molecule has 1 aliphatic carbocycles. The van der Waals surface area contributed by atoms with Crippen molar-refractivity contribution in [2.24, 2.45) is 0 Å². The lowest BCUT2D eigenvalue weighted by Crippen LogP contribution is -2.07. The summed E-state index contributed by atoms with van der Waals surface area (Å²) in [6, 6.07) is 8.22. The maximum atomic E-state index is 12.0. The van der Waals surface area contributed by atoms with Gasteiger partial charge in [0.1, 0.15) is 0 Å². The molecule has 0 N–H and O–H groups in total. The number of rotatable bonds is 2. The van der Waals surface area contributed by atoms with Crippen LogP contribution in [0.3, 0.4) is 0 Å². The number of Topliss-reactive ketones (excluding diaryl/α,β-unsaturated/α-hetero) is 1. The molecule has 4 heteroatoms. The molecule has 0 radical (unpaired) electrons. The van der Waals surface area contributed by atoms with Crippen molar-refractivity contribution in [2.45, 2.75) is 32.2 Å². The molecule has 0 amide bonds. The van der Waals surface area contributed by atoms with Gasteiger partial charge >= 0.3 is 0 Å². The molecule has 0 atom stereocenters. The summed E-state index contributed by atoms with van der Waals surface area (Å²) >= 11 is 3.43. The van der Waals surface area contributed by atoms with Crippen LogP contribution in [0.25, 0.3) is 0 Å². The zero-order chi connectivity index (χ0) is 13.2. The molecule has 98 valence electrons. The molecule has 3 nitrogen and oxygen atoms in total. The SMILES string of the molecule is O=C1CCCCc2c1cnn2Cc1ccc(Br)cc1. The maximum absolute atomic E-state index is 12.0. The fourth-order valence-corrected chi connectivity index (χ4v) is 2.78. The molecule has 3 rings (SSSR count). The van der Waals surface area contributed by atoms with Gasteiger partial charge in [0, 0.05) is 16.6 Å². The summed E-state index contributed by atoms with van der Waals surface area (Å²) in [5.74, 6) is 0.245. The summed E-state index contributed by atoms with van der Waals surface area (Å²) in [6.07, 6.45) is 5.42. The Labute approximate surface area is 120 Å². The molecule has 2 aromatic rings. The zero-order valence-electron chi connectivity index (χ0n) is 10.6. The Balaban J connectivity index is 1.90. The minimum Gasteiger partial charge on any atom is -0.294 e. The van der Waals surface area contributed by atoms with E-state index in [1.54, 1.807) is 6.20 Å². The second-order valence-electron chi connectivity index (χ2n) is 4.92. The molecule has 0 saturated carbocycles. The van der Waals surface area contributed by atoms with Crippen molar-refractivity contribution < 1.29 is 4.79 Å². The summed E-state index contributed by atoms with van der Waals surface area (Å²) < 4.78 is 3.05. The Morgan fingerprint density at radius 1 is 1.16 bits per heavy atom. The van der Waals surface area contributed by atoms with E-state index in [9.17, 15) is 4.79 Å². The number of benzene rings is 1. The molecular weight excluding hydrogens is 304 g/mol. The summed E-state index contributed by atoms with van der Waals surface area (Å²) in [6.45, 7) is 0.732. The van der Waals surface area contributed by atoms with Crippen molar-refractivity contribution in [3.8, 4) is 0 Å². The predicted molar refractivity (Wildman–Crippen MR) is 77.4 cm³/mol. The lowest BCUT2D eigenvalue weighted by atomic mass is 10.1. The van der Waals surface area contributed by atoms with E-state index < -0.39 is 0 Å². The van der Waals surface area contributed by atoms with Crippen LogP contribution in [-0.2, 0) is 13.0 Å². The van der Waals surface area contributed by atoms with Crippen molar-refractivity contribution >= 4 is 21.7 Å². The smallest absolute Gasteiger partial charge is 0.166 e. The molecule has 1 aliphatic rings. The minimum atomic E-state index is 0.245. The van der Waals surface area contributed by atoms with E-state index in [0.29, 0.717) is 6.42 Å². The lowest BCUT2D eigenvalue weighted by molar-refractivity contribution is 0.0982. The first-order valence-electron chi connectivity index (χ1n) is 6.56. The summed E-state index contributed by atoms with van der Waals surface area (Å²) in [7, 11) is 0. The van der Waals surface area contributed by atoms with Crippen molar-refractivity contribution in [2.75, 3.05) is 0 Å². The van der Waals surface area contributed by atoms with E-state index in [0.717, 1.165) is 41.5 Å². The molecule has 1 aromatic carbocycles. The Hall–Kier alpha value is -1.42. The molecule has 19 heavy (non-hydrogen) atoms. The Bertz CT molecular complexity index is 601. The quantitative estimate of drug-likeness (QED) is 0.793. The minimum absolute atomic E-state index is 0.245. The number of fused-ring (bicyclic) bond motifs is 1. The number of hydrogen-bond donors (Lipinski definition) is 0. The highest BCUT2D eigenvalue weighted by Gasteiger charge is 2.20. The van der Waals surface area contributed by atoms with Crippen LogP contribution in [-0.4, -0.2) is 15.6 Å². The Kier molecular flexibility index (Phi) is 3.51. The molecular formula is C15H15BrN2O. The molecule has 1 heterocycles. The van der Waals surface area contributed by atoms with E-state index in [1.165, 1.54) is 5.56 Å². The monoisotopic (exact) mass is 318 g/mol. The molecule has 0 spiro atoms. The average molecular weight is 319 g/mol. The number of halogens is 1. The highest BCUT2D eigenvalue weighted by molar-refractivity contribution is 9.10. The third kappa shape index (κ3) is 2.63. The van der Waals surface area contributed by atoms with E-state index in [4.69, 9.17) is 0 Å². The van der Waals surface area contributed by atoms with Gasteiger partial charge < -0.3 is 0 Å². The van der Waals surface area contributed by atoms with Gasteiger partial charge in [-0.3, -0.25) is 9.48 Å². The normalized spacial score (nSPS) is 15.1. The number of carbonyl (C=O) groups is 1. The molecule has 0 fully saturated rings. The lowest BCUT2D eigenvalue weighted by Gasteiger charge is -2.07. The van der Waals surface area contributed by atoms with E-state index >= 15 is 0 Å². The van der Waals surface area contributed by atoms with Crippen LogP contribution in [0.2, 0.25) is 0 Å². The van der Waals surface area contributed by atoms with Gasteiger partial charge in [-0.15, -0.1) is 0 Å². The Morgan fingerprint density at radius 3 is 2.68 bits per heavy atom. The Morgan fingerprint density at radius 2 is 1.89 bits per heavy atom. The molecule has 0 bridgehead atoms. The average Bonchev–Trinajstić information content (AvgIpc) is 2.71. The van der Waals surface area contributed by atoms with Gasteiger partial charge in [-0.05, 0) is 37.0 Å². The van der Waals surface area contributed by atoms with Gasteiger partial charge in [0.25, 0.3) is 0 Å². The van der Waals surface area contributed by atoms with Gasteiger partial charge in [-0.25, -0.2) is 0 Å². The van der Waals surface area contributed by atoms with Gasteiger partial charge in [0.05, 0.1) is 18.3 Å². The van der Waals surface area contributed by atoms with E-state index in [2.05, 4.69) is 33.2 Å². The summed E-state index contributed by atoms with van der Waals surface area (Å²) in [5, 5.41) is 4.39. The van der Waals surface area contributed by atoms with Crippen LogP contribution in [0, 0.1) is 0 Å². The van der Waals surface area contributed by atoms with Crippen molar-refractivity contribution in [3.05, 3.63) is 51.8 Å². The standard InChI is InChI=1S/C15H15BrN2O/c16-12-7-5-11(6-8-12)10-18-14-3-1-2-4-15(19)13(14)9-17-18/h5-9H,1-4,10H2. The number of nitrogens with zero attached hydrogens (tertiary/aromatic N) is 2. The highest BCUT2D eigenvalue weighted by atomic mass is 79.9. The fourth-order valence-electron chi connectivity index (χ4n) is 2.52. The van der Waals surface area contributed by atoms with Crippen LogP contribution < -0.4 is 0 Å². The van der Waals surface area contributed by atoms with Crippen LogP contribution in [0.15, 0.2) is 34.9 Å². The fraction of sp³-hybridized carbons (Fsp3) is 0.333. The van der Waals surface area contributed by atoms with Crippen molar-refractivity contribution in [1.29, 1.82) is 0 Å². The second-order valence-corrected chi connectivity index (χ2v) is 5.84. The van der Waals surface area contributed by atoms with Crippen LogP contribution in [0.4, 0.5) is 0 Å². The van der Waals surface area contributed by atoms with Gasteiger partial charge in [-0.2, -0.15) is 5.10 Å². The first-order chi connectivity index (χ1) is 9.24. The first kappa shape index (κ1) is 12.6. The summed E-state index contributed by atoms with van der Waals surface area (Å²) in [5.41, 5.74) is 3.13. The summed E-state index contributed by atoms with van der Waals surface area (Å²) in [4.78, 5) is 12.0. The first-order valence-corrected chi connectivity index (χ1v) is 7.35. The van der Waals surface area contributed by atoms with Gasteiger partial charge in [0.2, 0.25) is 0 Å². The van der Waals surface area contributed by atoms with Gasteiger partial charge in [-0.1, -0.05) is 28.1 Å². The van der Waals surface area contributed by atoms with Crippen LogP contribution in [0.5, 0.6) is 0 Å². The zero-order valence-corrected chi connectivity index (χ0v) is 12.2. The number of aromatic nitrogens is 2. The molecule has 0 unspecified atom stereocenters. The molecule has 0 saturated heterocycles. The second kappa shape index (κ2) is 5.29. The van der Waals surface area contributed by atoms with Gasteiger partial charge in [0.15, 0.2) is 5.78 Å². The van der Waals surface area contributed by atoms with E-state index in [1.807, 2.05) is 16.8 Å². The highest BCUT2D eigenvalue weighted by Crippen LogP contribution is 2.21. The number of ketones is 1. The van der Waals surface area contributed by atoms with E-state index in [-0.39, 0.29) is 5.78 Å². The third-order valence-corrected chi connectivity index (χ3v) is 4.09.